The molecule has 2 unspecified atom stereocenters. The minimum absolute atomic E-state index is 0.0367. The van der Waals surface area contributed by atoms with Gasteiger partial charge in [-0.05, 0) is 51.0 Å². The second kappa shape index (κ2) is 7.89. The van der Waals surface area contributed by atoms with E-state index >= 15 is 0 Å². The number of ether oxygens (including phenoxy) is 1. The van der Waals surface area contributed by atoms with Crippen LogP contribution in [-0.2, 0) is 14.3 Å². The van der Waals surface area contributed by atoms with Crippen LogP contribution in [0.3, 0.4) is 0 Å². The molecule has 1 saturated heterocycles. The highest BCUT2D eigenvalue weighted by molar-refractivity contribution is 6.46. The maximum absolute atomic E-state index is 13.7. The van der Waals surface area contributed by atoms with E-state index < -0.39 is 0 Å². The number of anilines is 1. The number of halogens is 1. The number of nitrogens with zero attached hydrogens (tertiary/aromatic N) is 2. The summed E-state index contributed by atoms with van der Waals surface area (Å²) in [5.74, 6) is -0.641. The Hall–Kier alpha value is -2.63. The molecule has 1 fully saturated rings. The lowest BCUT2D eigenvalue weighted by atomic mass is 10.0. The van der Waals surface area contributed by atoms with Crippen LogP contribution in [-0.4, -0.2) is 42.0 Å². The van der Waals surface area contributed by atoms with Gasteiger partial charge in [-0.2, -0.15) is 0 Å². The average Bonchev–Trinajstić information content (AvgIpc) is 2.94. The highest BCUT2D eigenvalue weighted by Crippen LogP contribution is 2.38. The number of amides is 2. The molecule has 4 rings (SSSR count). The molecule has 0 aromatic heterocycles. The van der Waals surface area contributed by atoms with E-state index in [0.717, 1.165) is 11.1 Å². The van der Waals surface area contributed by atoms with Gasteiger partial charge in [0.1, 0.15) is 5.70 Å². The minimum atomic E-state index is -0.323. The zero-order chi connectivity index (χ0) is 21.6. The summed E-state index contributed by atoms with van der Waals surface area (Å²) in [4.78, 5) is 30.5. The monoisotopic (exact) mass is 424 g/mol. The zero-order valence-electron chi connectivity index (χ0n) is 17.6. The normalized spacial score (nSPS) is 22.3. The van der Waals surface area contributed by atoms with Crippen molar-refractivity contribution in [2.75, 3.05) is 18.0 Å². The van der Waals surface area contributed by atoms with Crippen molar-refractivity contribution in [1.29, 1.82) is 0 Å². The Kier molecular flexibility index (Phi) is 5.43. The molecular weight excluding hydrogens is 400 g/mol. The first kappa shape index (κ1) is 20.6. The molecule has 156 valence electrons. The summed E-state index contributed by atoms with van der Waals surface area (Å²) in [6, 6.07) is 13.0. The number of hydrogen-bond donors (Lipinski definition) is 0. The highest BCUT2D eigenvalue weighted by Gasteiger charge is 2.44. The van der Waals surface area contributed by atoms with Crippen LogP contribution in [0.1, 0.15) is 30.5 Å². The maximum Gasteiger partial charge on any atom is 0.282 e. The summed E-state index contributed by atoms with van der Waals surface area (Å²) < 4.78 is 5.85. The van der Waals surface area contributed by atoms with Gasteiger partial charge in [0.25, 0.3) is 11.8 Å². The smallest absolute Gasteiger partial charge is 0.282 e. The molecule has 0 saturated carbocycles. The molecule has 0 radical (unpaired) electrons. The third-order valence-corrected chi connectivity index (χ3v) is 6.02. The van der Waals surface area contributed by atoms with Gasteiger partial charge in [-0.15, -0.1) is 0 Å². The third kappa shape index (κ3) is 3.53. The van der Waals surface area contributed by atoms with E-state index in [4.69, 9.17) is 16.3 Å². The molecule has 2 amide bonds. The van der Waals surface area contributed by atoms with Gasteiger partial charge in [-0.25, -0.2) is 4.90 Å². The Morgan fingerprint density at radius 2 is 1.57 bits per heavy atom. The minimum Gasteiger partial charge on any atom is -0.372 e. The van der Waals surface area contributed by atoms with Gasteiger partial charge in [0, 0.05) is 18.1 Å². The molecule has 2 heterocycles. The Morgan fingerprint density at radius 3 is 2.20 bits per heavy atom. The molecule has 0 N–H and O–H groups in total. The number of carbonyl (C=O) groups is 2. The Morgan fingerprint density at radius 1 is 0.933 bits per heavy atom. The number of imide groups is 1. The number of rotatable bonds is 3. The first-order valence-corrected chi connectivity index (χ1v) is 10.5. The lowest BCUT2D eigenvalue weighted by Gasteiger charge is -2.37. The van der Waals surface area contributed by atoms with Crippen LogP contribution in [0.15, 0.2) is 48.2 Å². The number of aryl methyl sites for hydroxylation is 1. The van der Waals surface area contributed by atoms with Gasteiger partial charge < -0.3 is 9.64 Å². The molecule has 0 aliphatic carbocycles. The van der Waals surface area contributed by atoms with Gasteiger partial charge in [0.2, 0.25) is 0 Å². The maximum atomic E-state index is 13.7. The fourth-order valence-electron chi connectivity index (χ4n) is 4.21. The van der Waals surface area contributed by atoms with Crippen LogP contribution in [0, 0.1) is 13.8 Å². The van der Waals surface area contributed by atoms with Crippen LogP contribution in [0.25, 0.3) is 5.57 Å². The summed E-state index contributed by atoms with van der Waals surface area (Å²) in [7, 11) is 0. The van der Waals surface area contributed by atoms with E-state index in [0.29, 0.717) is 40.6 Å². The van der Waals surface area contributed by atoms with E-state index in [-0.39, 0.29) is 24.0 Å². The van der Waals surface area contributed by atoms with Crippen molar-refractivity contribution in [2.45, 2.75) is 39.9 Å². The fourth-order valence-corrected chi connectivity index (χ4v) is 4.38. The van der Waals surface area contributed by atoms with E-state index in [2.05, 4.69) is 0 Å². The second-order valence-electron chi connectivity index (χ2n) is 8.08. The number of carbonyl (C=O) groups excluding carboxylic acids is 2. The molecule has 2 aromatic rings. The van der Waals surface area contributed by atoms with E-state index in [9.17, 15) is 9.59 Å². The molecule has 2 aliphatic heterocycles. The summed E-state index contributed by atoms with van der Waals surface area (Å²) >= 11 is 6.29. The predicted molar refractivity (Wildman–Crippen MR) is 118 cm³/mol. The van der Waals surface area contributed by atoms with E-state index in [1.165, 1.54) is 4.90 Å². The first-order chi connectivity index (χ1) is 14.3. The van der Waals surface area contributed by atoms with Crippen molar-refractivity contribution in [3.8, 4) is 0 Å². The largest absolute Gasteiger partial charge is 0.372 e. The predicted octanol–water partition coefficient (Wildman–Crippen LogP) is 4.35. The van der Waals surface area contributed by atoms with E-state index in [1.807, 2.05) is 56.9 Å². The molecule has 2 aliphatic rings. The second-order valence-corrected chi connectivity index (χ2v) is 8.49. The molecule has 2 atom stereocenters. The van der Waals surface area contributed by atoms with Gasteiger partial charge in [-0.1, -0.05) is 47.5 Å². The Labute approximate surface area is 181 Å². The van der Waals surface area contributed by atoms with Gasteiger partial charge >= 0.3 is 0 Å². The Bertz CT molecular complexity index is 1030. The van der Waals surface area contributed by atoms with Crippen molar-refractivity contribution in [1.82, 2.24) is 4.90 Å². The third-order valence-electron chi connectivity index (χ3n) is 5.62. The number of benzene rings is 2. The zero-order valence-corrected chi connectivity index (χ0v) is 18.4. The van der Waals surface area contributed by atoms with Crippen LogP contribution in [0.2, 0.25) is 5.02 Å². The van der Waals surface area contributed by atoms with Crippen molar-refractivity contribution in [2.24, 2.45) is 0 Å². The molecule has 30 heavy (non-hydrogen) atoms. The number of hydrogen-bond acceptors (Lipinski definition) is 4. The molecule has 0 spiro atoms. The van der Waals surface area contributed by atoms with Crippen molar-refractivity contribution < 1.29 is 14.3 Å². The standard InChI is InChI=1S/C24H25ClN2O3/c1-14-8-10-18(11-9-14)21-22(26-12-15(2)30-16(3)13-26)24(29)27(23(21)28)20-7-5-6-19(25)17(20)4/h5-11,15-16H,12-13H2,1-4H3. The SMILES string of the molecule is Cc1ccc(C2=C(N3CC(C)OC(C)C3)C(=O)N(c3cccc(Cl)c3C)C2=O)cc1. The quantitative estimate of drug-likeness (QED) is 0.687. The van der Waals surface area contributed by atoms with Crippen LogP contribution < -0.4 is 4.90 Å². The summed E-state index contributed by atoms with van der Waals surface area (Å²) in [5, 5.41) is 0.520. The van der Waals surface area contributed by atoms with Crippen molar-refractivity contribution in [3.05, 3.63) is 69.9 Å². The molecule has 0 bridgehead atoms. The van der Waals surface area contributed by atoms with Gasteiger partial charge in [-0.3, -0.25) is 9.59 Å². The molecule has 5 nitrogen and oxygen atoms in total. The van der Waals surface area contributed by atoms with Crippen molar-refractivity contribution in [3.63, 3.8) is 0 Å². The molecule has 6 heteroatoms. The fraction of sp³-hybridized carbons (Fsp3) is 0.333. The van der Waals surface area contributed by atoms with E-state index in [1.54, 1.807) is 18.2 Å². The molecule has 2 aromatic carbocycles. The first-order valence-electron chi connectivity index (χ1n) is 10.1. The lowest BCUT2D eigenvalue weighted by molar-refractivity contribution is -0.121. The average molecular weight is 425 g/mol. The topological polar surface area (TPSA) is 49.9 Å². The van der Waals surface area contributed by atoms with Gasteiger partial charge in [0.05, 0.1) is 23.5 Å². The Balaban J connectivity index is 1.86. The lowest BCUT2D eigenvalue weighted by Crippen LogP contribution is -2.47. The van der Waals surface area contributed by atoms with Crippen LogP contribution in [0.4, 0.5) is 5.69 Å². The van der Waals surface area contributed by atoms with Crippen molar-refractivity contribution >= 4 is 34.7 Å². The van der Waals surface area contributed by atoms with Gasteiger partial charge in [0.15, 0.2) is 0 Å². The summed E-state index contributed by atoms with van der Waals surface area (Å²) in [6.07, 6.45) is -0.0734. The van der Waals surface area contributed by atoms with Crippen LogP contribution in [0.5, 0.6) is 0 Å². The molecular formula is C24H25ClN2O3. The highest BCUT2D eigenvalue weighted by atomic mass is 35.5. The summed E-state index contributed by atoms with van der Waals surface area (Å²) in [5.41, 5.74) is 3.92. The number of morpholine rings is 1. The van der Waals surface area contributed by atoms with Crippen LogP contribution >= 0.6 is 11.6 Å². The summed E-state index contributed by atoms with van der Waals surface area (Å²) in [6.45, 7) is 8.88.